The third-order valence-corrected chi connectivity index (χ3v) is 3.11. The first-order chi connectivity index (χ1) is 12.2. The van der Waals surface area contributed by atoms with Crippen LogP contribution < -0.4 is 15.8 Å². The van der Waals surface area contributed by atoms with Crippen LogP contribution in [0.15, 0.2) is 67.0 Å². The van der Waals surface area contributed by atoms with E-state index < -0.39 is 6.09 Å². The molecule has 0 unspecified atom stereocenters. The monoisotopic (exact) mass is 330 g/mol. The van der Waals surface area contributed by atoms with Crippen molar-refractivity contribution in [2.45, 2.75) is 0 Å². The Labute approximate surface area is 144 Å². The van der Waals surface area contributed by atoms with Gasteiger partial charge in [0.15, 0.2) is 0 Å². The number of hydrogen-bond donors (Lipinski definition) is 2. The third-order valence-electron chi connectivity index (χ3n) is 3.11. The minimum Gasteiger partial charge on any atom is -0.410 e. The fourth-order valence-corrected chi connectivity index (χ4v) is 1.92. The molecule has 3 N–H and O–H groups in total. The van der Waals surface area contributed by atoms with Crippen molar-refractivity contribution in [3.63, 3.8) is 0 Å². The van der Waals surface area contributed by atoms with E-state index in [1.165, 1.54) is 0 Å². The van der Waals surface area contributed by atoms with E-state index in [0.717, 1.165) is 5.56 Å². The molecule has 0 aliphatic heterocycles. The molecular weight excluding hydrogens is 316 g/mol. The van der Waals surface area contributed by atoms with E-state index in [2.05, 4.69) is 27.1 Å². The summed E-state index contributed by atoms with van der Waals surface area (Å²) < 4.78 is 5.16. The number of hydrogen-bond acceptors (Lipinski definition) is 5. The highest BCUT2D eigenvalue weighted by Crippen LogP contribution is 2.12. The molecule has 0 radical (unpaired) electrons. The average molecular weight is 330 g/mol. The minimum atomic E-state index is -0.552. The van der Waals surface area contributed by atoms with Crippen LogP contribution in [0.1, 0.15) is 11.1 Å². The van der Waals surface area contributed by atoms with Gasteiger partial charge in [0.05, 0.1) is 5.56 Å². The number of carbonyl (C=O) groups excluding carboxylic acids is 1. The van der Waals surface area contributed by atoms with Crippen molar-refractivity contribution in [3.8, 4) is 17.6 Å². The van der Waals surface area contributed by atoms with Gasteiger partial charge in [-0.3, -0.25) is 5.32 Å². The van der Waals surface area contributed by atoms with E-state index in [9.17, 15) is 4.79 Å². The normalized spacial score (nSPS) is 9.60. The first-order valence-electron chi connectivity index (χ1n) is 7.42. The van der Waals surface area contributed by atoms with Crippen LogP contribution in [0.2, 0.25) is 0 Å². The number of ether oxygens (including phenoxy) is 1. The van der Waals surface area contributed by atoms with Gasteiger partial charge >= 0.3 is 6.09 Å². The zero-order chi connectivity index (χ0) is 17.5. The summed E-state index contributed by atoms with van der Waals surface area (Å²) in [5.74, 6) is 6.62. The number of amides is 1. The maximum Gasteiger partial charge on any atom is 0.417 e. The van der Waals surface area contributed by atoms with Crippen molar-refractivity contribution in [2.75, 3.05) is 11.1 Å². The van der Waals surface area contributed by atoms with Crippen molar-refractivity contribution in [2.24, 2.45) is 0 Å². The minimum absolute atomic E-state index is 0.211. The average Bonchev–Trinajstić information content (AvgIpc) is 2.63. The van der Waals surface area contributed by atoms with Crippen molar-refractivity contribution in [1.29, 1.82) is 0 Å². The standard InChI is InChI=1S/C19H14N4O2/c20-18-21-12-15(13-22-18)7-6-14-8-10-16(11-9-14)23-19(24)25-17-4-2-1-3-5-17/h1-5,8-13H,(H,23,24)(H2,20,21,22). The van der Waals surface area contributed by atoms with Gasteiger partial charge in [0, 0.05) is 23.6 Å². The van der Waals surface area contributed by atoms with E-state index in [4.69, 9.17) is 10.5 Å². The zero-order valence-corrected chi connectivity index (χ0v) is 13.1. The molecule has 3 aromatic rings. The predicted octanol–water partition coefficient (Wildman–Crippen LogP) is 3.07. The molecule has 0 atom stereocenters. The zero-order valence-electron chi connectivity index (χ0n) is 13.1. The molecule has 0 bridgehead atoms. The maximum absolute atomic E-state index is 11.8. The fraction of sp³-hybridized carbons (Fsp3) is 0. The Kier molecular flexibility index (Phi) is 4.88. The first-order valence-corrected chi connectivity index (χ1v) is 7.42. The number of nitrogens with zero attached hydrogens (tertiary/aromatic N) is 2. The van der Waals surface area contributed by atoms with Crippen LogP contribution in [-0.2, 0) is 0 Å². The van der Waals surface area contributed by atoms with Crippen LogP contribution >= 0.6 is 0 Å². The summed E-state index contributed by atoms with van der Waals surface area (Å²) in [6.45, 7) is 0. The summed E-state index contributed by atoms with van der Waals surface area (Å²) in [5.41, 5.74) is 7.50. The van der Waals surface area contributed by atoms with E-state index in [1.807, 2.05) is 6.07 Å². The lowest BCUT2D eigenvalue weighted by molar-refractivity contribution is 0.215. The lowest BCUT2D eigenvalue weighted by Crippen LogP contribution is -2.16. The van der Waals surface area contributed by atoms with Gasteiger partial charge in [-0.05, 0) is 36.4 Å². The number of para-hydroxylation sites is 1. The molecule has 6 nitrogen and oxygen atoms in total. The molecule has 0 aliphatic carbocycles. The van der Waals surface area contributed by atoms with Gasteiger partial charge in [0.1, 0.15) is 5.75 Å². The highest BCUT2D eigenvalue weighted by molar-refractivity contribution is 5.86. The number of carbonyl (C=O) groups is 1. The number of nitrogens with two attached hydrogens (primary N) is 1. The van der Waals surface area contributed by atoms with Crippen molar-refractivity contribution in [3.05, 3.63) is 78.1 Å². The van der Waals surface area contributed by atoms with Gasteiger partial charge in [-0.25, -0.2) is 14.8 Å². The Morgan fingerprint density at radius 1 is 0.920 bits per heavy atom. The molecule has 2 aromatic carbocycles. The van der Waals surface area contributed by atoms with Gasteiger partial charge in [-0.15, -0.1) is 0 Å². The Balaban J connectivity index is 1.60. The number of nitrogens with one attached hydrogen (secondary N) is 1. The second-order valence-corrected chi connectivity index (χ2v) is 4.98. The number of aromatic nitrogens is 2. The second-order valence-electron chi connectivity index (χ2n) is 4.98. The maximum atomic E-state index is 11.8. The topological polar surface area (TPSA) is 90.1 Å². The number of rotatable bonds is 2. The van der Waals surface area contributed by atoms with E-state index >= 15 is 0 Å². The van der Waals surface area contributed by atoms with Crippen LogP contribution in [-0.4, -0.2) is 16.1 Å². The molecule has 122 valence electrons. The smallest absolute Gasteiger partial charge is 0.410 e. The Morgan fingerprint density at radius 2 is 1.56 bits per heavy atom. The number of anilines is 2. The molecule has 0 saturated carbocycles. The van der Waals surface area contributed by atoms with Crippen molar-refractivity contribution < 1.29 is 9.53 Å². The summed E-state index contributed by atoms with van der Waals surface area (Å²) in [6.07, 6.45) is 2.57. The lowest BCUT2D eigenvalue weighted by Gasteiger charge is -2.06. The molecule has 0 aliphatic rings. The summed E-state index contributed by atoms with van der Waals surface area (Å²) in [4.78, 5) is 19.6. The molecule has 1 heterocycles. The predicted molar refractivity (Wildman–Crippen MR) is 95.0 cm³/mol. The molecule has 1 amide bonds. The van der Waals surface area contributed by atoms with Crippen LogP contribution in [0, 0.1) is 11.8 Å². The largest absolute Gasteiger partial charge is 0.417 e. The van der Waals surface area contributed by atoms with Crippen LogP contribution in [0.25, 0.3) is 0 Å². The summed E-state index contributed by atoms with van der Waals surface area (Å²) in [6, 6.07) is 15.9. The van der Waals surface area contributed by atoms with Gasteiger partial charge in [-0.1, -0.05) is 30.0 Å². The Hall–Kier alpha value is -3.85. The van der Waals surface area contributed by atoms with Crippen LogP contribution in [0.5, 0.6) is 5.75 Å². The van der Waals surface area contributed by atoms with Gasteiger partial charge < -0.3 is 10.5 Å². The van der Waals surface area contributed by atoms with Gasteiger partial charge in [0.2, 0.25) is 5.95 Å². The molecular formula is C19H14N4O2. The molecule has 0 saturated heterocycles. The highest BCUT2D eigenvalue weighted by Gasteiger charge is 2.04. The highest BCUT2D eigenvalue weighted by atomic mass is 16.6. The Morgan fingerprint density at radius 3 is 2.24 bits per heavy atom. The number of nitrogen functional groups attached to an aromatic ring is 1. The van der Waals surface area contributed by atoms with E-state index in [1.54, 1.807) is 60.9 Å². The molecule has 6 heteroatoms. The molecule has 0 spiro atoms. The van der Waals surface area contributed by atoms with Crippen LogP contribution in [0.4, 0.5) is 16.4 Å². The molecule has 0 fully saturated rings. The van der Waals surface area contributed by atoms with Gasteiger partial charge in [0.25, 0.3) is 0 Å². The molecule has 3 rings (SSSR count). The molecule has 25 heavy (non-hydrogen) atoms. The quantitative estimate of drug-likeness (QED) is 0.705. The molecule has 1 aromatic heterocycles. The van der Waals surface area contributed by atoms with E-state index in [0.29, 0.717) is 17.0 Å². The van der Waals surface area contributed by atoms with Crippen LogP contribution in [0.3, 0.4) is 0 Å². The van der Waals surface area contributed by atoms with Crippen molar-refractivity contribution >= 4 is 17.7 Å². The summed E-state index contributed by atoms with van der Waals surface area (Å²) in [7, 11) is 0. The first kappa shape index (κ1) is 16.0. The Bertz CT molecular complexity index is 912. The van der Waals surface area contributed by atoms with Crippen molar-refractivity contribution in [1.82, 2.24) is 9.97 Å². The third kappa shape index (κ3) is 4.81. The summed E-state index contributed by atoms with van der Waals surface area (Å²) in [5, 5.41) is 2.65. The van der Waals surface area contributed by atoms with Gasteiger partial charge in [-0.2, -0.15) is 0 Å². The summed E-state index contributed by atoms with van der Waals surface area (Å²) >= 11 is 0. The SMILES string of the molecule is Nc1ncc(C#Cc2ccc(NC(=O)Oc3ccccc3)cc2)cn1. The fourth-order valence-electron chi connectivity index (χ4n) is 1.92. The van der Waals surface area contributed by atoms with E-state index in [-0.39, 0.29) is 5.95 Å². The number of benzene rings is 2. The second kappa shape index (κ2) is 7.62. The lowest BCUT2D eigenvalue weighted by atomic mass is 10.2.